The fourth-order valence-corrected chi connectivity index (χ4v) is 3.53. The maximum Gasteiger partial charge on any atom is 0.135 e. The minimum absolute atomic E-state index is 0.0491. The molecule has 138 valence electrons. The smallest absolute Gasteiger partial charge is 0.135 e. The first-order valence-corrected chi connectivity index (χ1v) is 8.87. The molecule has 3 rings (SSSR count). The second-order valence-corrected chi connectivity index (χ2v) is 7.74. The molecule has 1 atom stereocenters. The summed E-state index contributed by atoms with van der Waals surface area (Å²) >= 11 is 0. The van der Waals surface area contributed by atoms with Crippen LogP contribution in [0, 0.1) is 10.8 Å². The van der Waals surface area contributed by atoms with Crippen LogP contribution in [-0.2, 0) is 4.74 Å². The number of aromatic nitrogens is 2. The molecule has 1 fully saturated rings. The molecule has 2 heterocycles. The average Bonchev–Trinajstić information content (AvgIpc) is 3.08. The van der Waals surface area contributed by atoms with E-state index in [9.17, 15) is 0 Å². The van der Waals surface area contributed by atoms with Gasteiger partial charge in [0, 0.05) is 43.7 Å². The van der Waals surface area contributed by atoms with Crippen LogP contribution in [0.5, 0.6) is 0 Å². The molecule has 0 radical (unpaired) electrons. The van der Waals surface area contributed by atoms with E-state index in [1.165, 1.54) is 6.21 Å². The van der Waals surface area contributed by atoms with Gasteiger partial charge in [0.25, 0.3) is 0 Å². The van der Waals surface area contributed by atoms with Crippen LogP contribution in [0.2, 0.25) is 0 Å². The Morgan fingerprint density at radius 1 is 1.27 bits per heavy atom. The van der Waals surface area contributed by atoms with Crippen LogP contribution in [0.3, 0.4) is 0 Å². The Morgan fingerprint density at radius 3 is 2.69 bits per heavy atom. The number of hydrogen-bond donors (Lipinski definition) is 2. The van der Waals surface area contributed by atoms with Gasteiger partial charge < -0.3 is 20.4 Å². The van der Waals surface area contributed by atoms with Gasteiger partial charge in [-0.2, -0.15) is 0 Å². The Morgan fingerprint density at radius 2 is 2.04 bits per heavy atom. The summed E-state index contributed by atoms with van der Waals surface area (Å²) in [5, 5.41) is 10.8. The van der Waals surface area contributed by atoms with Gasteiger partial charge >= 0.3 is 0 Å². The average molecular weight is 353 g/mol. The normalized spacial score (nSPS) is 20.2. The third-order valence-corrected chi connectivity index (χ3v) is 5.35. The Kier molecular flexibility index (Phi) is 4.96. The van der Waals surface area contributed by atoms with E-state index < -0.39 is 0 Å². The van der Waals surface area contributed by atoms with Crippen LogP contribution in [0.1, 0.15) is 32.8 Å². The number of nitrogens with one attached hydrogen (secondary N) is 2. The molecule has 0 aliphatic carbocycles. The molecular weight excluding hydrogens is 326 g/mol. The third-order valence-electron chi connectivity index (χ3n) is 5.35. The van der Waals surface area contributed by atoms with Gasteiger partial charge in [-0.15, -0.1) is 0 Å². The van der Waals surface area contributed by atoms with Crippen molar-refractivity contribution in [2.75, 3.05) is 30.4 Å². The maximum absolute atomic E-state index is 7.53. The van der Waals surface area contributed by atoms with Crippen molar-refractivity contribution in [3.05, 3.63) is 42.2 Å². The summed E-state index contributed by atoms with van der Waals surface area (Å²) in [6, 6.07) is 9.64. The summed E-state index contributed by atoms with van der Waals surface area (Å²) in [6.07, 6.45) is 3.88. The number of anilines is 3. The van der Waals surface area contributed by atoms with Crippen LogP contribution in [0.15, 0.2) is 36.7 Å². The Bertz CT molecular complexity index is 786. The van der Waals surface area contributed by atoms with E-state index in [1.807, 2.05) is 30.3 Å². The fraction of sp³-hybridized carbons (Fsp3) is 0.450. The molecule has 0 amide bonds. The zero-order chi connectivity index (χ0) is 18.8. The molecule has 6 heteroatoms. The molecule has 1 aliphatic rings. The number of hydrogen-bond acceptors (Lipinski definition) is 6. The highest BCUT2D eigenvalue weighted by molar-refractivity contribution is 5.87. The Labute approximate surface area is 155 Å². The Hall–Kier alpha value is -2.47. The van der Waals surface area contributed by atoms with Crippen LogP contribution in [-0.4, -0.2) is 42.0 Å². The van der Waals surface area contributed by atoms with Crippen molar-refractivity contribution in [1.82, 2.24) is 9.97 Å². The molecule has 6 nitrogen and oxygen atoms in total. The largest absolute Gasteiger partial charge is 0.376 e. The van der Waals surface area contributed by atoms with Crippen molar-refractivity contribution in [2.24, 2.45) is 5.41 Å². The molecule has 1 aromatic heterocycles. The summed E-state index contributed by atoms with van der Waals surface area (Å²) in [7, 11) is 1.80. The molecule has 0 spiro atoms. The van der Waals surface area contributed by atoms with Crippen LogP contribution in [0.4, 0.5) is 17.3 Å². The molecule has 26 heavy (non-hydrogen) atoms. The van der Waals surface area contributed by atoms with Gasteiger partial charge in [0.05, 0.1) is 5.60 Å². The molecular formula is C20H27N5O. The summed E-state index contributed by atoms with van der Waals surface area (Å²) in [4.78, 5) is 11.0. The van der Waals surface area contributed by atoms with Crippen molar-refractivity contribution >= 4 is 23.5 Å². The Balaban J connectivity index is 1.81. The topological polar surface area (TPSA) is 74.1 Å². The van der Waals surface area contributed by atoms with E-state index in [0.29, 0.717) is 0 Å². The molecule has 0 saturated carbocycles. The predicted molar refractivity (Wildman–Crippen MR) is 106 cm³/mol. The lowest BCUT2D eigenvalue weighted by Gasteiger charge is -2.40. The summed E-state index contributed by atoms with van der Waals surface area (Å²) in [5.74, 6) is 1.60. The molecule has 2 aromatic rings. The van der Waals surface area contributed by atoms with Crippen molar-refractivity contribution < 1.29 is 4.74 Å². The van der Waals surface area contributed by atoms with Crippen molar-refractivity contribution in [2.45, 2.75) is 32.8 Å². The van der Waals surface area contributed by atoms with E-state index in [2.05, 4.69) is 41.0 Å². The van der Waals surface area contributed by atoms with E-state index in [1.54, 1.807) is 13.4 Å². The van der Waals surface area contributed by atoms with Crippen molar-refractivity contribution in [3.8, 4) is 0 Å². The van der Waals surface area contributed by atoms with Crippen molar-refractivity contribution in [3.63, 3.8) is 0 Å². The monoisotopic (exact) mass is 353 g/mol. The minimum Gasteiger partial charge on any atom is -0.376 e. The quantitative estimate of drug-likeness (QED) is 0.799. The minimum atomic E-state index is -0.182. The number of para-hydroxylation sites is 1. The van der Waals surface area contributed by atoms with Crippen molar-refractivity contribution in [1.29, 1.82) is 5.41 Å². The fourth-order valence-electron chi connectivity index (χ4n) is 3.53. The second-order valence-electron chi connectivity index (χ2n) is 7.74. The molecule has 0 bridgehead atoms. The molecule has 1 unspecified atom stereocenters. The highest BCUT2D eigenvalue weighted by Gasteiger charge is 2.47. The number of rotatable bonds is 5. The lowest BCUT2D eigenvalue weighted by atomic mass is 9.75. The van der Waals surface area contributed by atoms with Gasteiger partial charge in [-0.1, -0.05) is 39.0 Å². The molecule has 1 saturated heterocycles. The lowest BCUT2D eigenvalue weighted by molar-refractivity contribution is -0.0743. The number of methoxy groups -OCH3 is 1. The number of benzene rings is 1. The maximum atomic E-state index is 7.53. The number of ether oxygens (including phenoxy) is 1. The van der Waals surface area contributed by atoms with E-state index in [0.717, 1.165) is 42.4 Å². The SMILES string of the molecule is COC1(C(C)(C)C)CCN(c2cc(Nc3ccccc3C=N)ncn2)C1. The zero-order valence-corrected chi connectivity index (χ0v) is 15.9. The van der Waals surface area contributed by atoms with E-state index in [-0.39, 0.29) is 11.0 Å². The predicted octanol–water partition coefficient (Wildman–Crippen LogP) is 3.86. The zero-order valence-electron chi connectivity index (χ0n) is 15.9. The summed E-state index contributed by atoms with van der Waals surface area (Å²) in [6.45, 7) is 8.38. The van der Waals surface area contributed by atoms with E-state index in [4.69, 9.17) is 10.1 Å². The van der Waals surface area contributed by atoms with E-state index >= 15 is 0 Å². The first-order chi connectivity index (χ1) is 12.4. The molecule has 2 N–H and O–H groups in total. The standard InChI is InChI=1S/C20H27N5O/c1-19(2,3)20(26-4)9-10-25(13-20)18-11-17(22-14-23-18)24-16-8-6-5-7-15(16)12-21/h5-8,11-12,14,21H,9-10,13H2,1-4H3,(H,22,23,24). The van der Waals surface area contributed by atoms with Gasteiger partial charge in [0.1, 0.15) is 18.0 Å². The van der Waals surface area contributed by atoms with Gasteiger partial charge in [0.15, 0.2) is 0 Å². The lowest BCUT2D eigenvalue weighted by Crippen LogP contribution is -2.47. The molecule has 1 aliphatic heterocycles. The molecule has 1 aromatic carbocycles. The first kappa shape index (κ1) is 18.3. The van der Waals surface area contributed by atoms with Crippen LogP contribution < -0.4 is 10.2 Å². The van der Waals surface area contributed by atoms with Gasteiger partial charge in [-0.25, -0.2) is 9.97 Å². The number of nitrogens with zero attached hydrogens (tertiary/aromatic N) is 3. The van der Waals surface area contributed by atoms with Crippen LogP contribution >= 0.6 is 0 Å². The summed E-state index contributed by atoms with van der Waals surface area (Å²) in [5.41, 5.74) is 1.54. The van der Waals surface area contributed by atoms with Crippen LogP contribution in [0.25, 0.3) is 0 Å². The summed E-state index contributed by atoms with van der Waals surface area (Å²) < 4.78 is 5.95. The van der Waals surface area contributed by atoms with Gasteiger partial charge in [-0.3, -0.25) is 0 Å². The van der Waals surface area contributed by atoms with Gasteiger partial charge in [0.2, 0.25) is 0 Å². The highest BCUT2D eigenvalue weighted by Crippen LogP contribution is 2.41. The third kappa shape index (κ3) is 3.42. The first-order valence-electron chi connectivity index (χ1n) is 8.87. The van der Waals surface area contributed by atoms with Gasteiger partial charge in [-0.05, 0) is 17.9 Å². The highest BCUT2D eigenvalue weighted by atomic mass is 16.5. The second kappa shape index (κ2) is 7.03.